The smallest absolute Gasteiger partial charge is 0.156 e. The number of fused-ring (bicyclic) bond motifs is 3. The molecule has 1 aliphatic carbocycles. The van der Waals surface area contributed by atoms with E-state index in [0.29, 0.717) is 6.42 Å². The van der Waals surface area contributed by atoms with Crippen molar-refractivity contribution in [3.05, 3.63) is 247 Å². The first-order valence-electron chi connectivity index (χ1n) is 22.7. The molecule has 0 amide bonds. The summed E-state index contributed by atoms with van der Waals surface area (Å²) in [6.07, 6.45) is 3.10. The first-order chi connectivity index (χ1) is 31.9. The Hall–Kier alpha value is -7.88. The summed E-state index contributed by atoms with van der Waals surface area (Å²) in [4.78, 5) is 10.8. The molecule has 0 saturated heterocycles. The molecule has 0 saturated carbocycles. The fraction of sp³-hybridized carbons (Fsp3) is 0.0968. The Bertz CT molecular complexity index is 3320. The third-order valence-corrected chi connectivity index (χ3v) is 12.9. The zero-order valence-electron chi connectivity index (χ0n) is 37.0. The van der Waals surface area contributed by atoms with Gasteiger partial charge in [0.15, 0.2) is 5.82 Å². The van der Waals surface area contributed by atoms with Crippen LogP contribution in [0.15, 0.2) is 224 Å². The number of allylic oxidation sites excluding steroid dienone is 4. The predicted molar refractivity (Wildman–Crippen MR) is 273 cm³/mol. The molecule has 10 aromatic rings. The van der Waals surface area contributed by atoms with Gasteiger partial charge in [0.25, 0.3) is 0 Å². The van der Waals surface area contributed by atoms with Gasteiger partial charge in [-0.05, 0) is 92.8 Å². The minimum Gasteiger partial charge on any atom is -0.311 e. The predicted octanol–water partition coefficient (Wildman–Crippen LogP) is 16.2. The molecule has 0 radical (unpaired) electrons. The minimum atomic E-state index is -0.192. The third kappa shape index (κ3) is 7.59. The van der Waals surface area contributed by atoms with Gasteiger partial charge in [-0.3, -0.25) is 0 Å². The van der Waals surface area contributed by atoms with Crippen molar-refractivity contribution in [3.8, 4) is 44.8 Å². The van der Waals surface area contributed by atoms with E-state index in [0.717, 1.165) is 45.0 Å². The Morgan fingerprint density at radius 1 is 0.446 bits per heavy atom. The topological polar surface area (TPSA) is 30.7 Å². The van der Waals surface area contributed by atoms with Crippen LogP contribution in [0.3, 0.4) is 0 Å². The molecule has 1 unspecified atom stereocenters. The van der Waals surface area contributed by atoms with Gasteiger partial charge in [-0.2, -0.15) is 0 Å². The van der Waals surface area contributed by atoms with Crippen molar-refractivity contribution in [1.29, 1.82) is 0 Å². The molecule has 0 spiro atoms. The number of hydrogen-bond donors (Lipinski definition) is 0. The Balaban J connectivity index is 1.27. The summed E-state index contributed by atoms with van der Waals surface area (Å²) in [5, 5.41) is 2.48. The molecule has 3 nitrogen and oxygen atoms in total. The van der Waals surface area contributed by atoms with E-state index in [1.165, 1.54) is 60.9 Å². The molecular weight excluding hydrogens is 787 g/mol. The summed E-state index contributed by atoms with van der Waals surface area (Å²) < 4.78 is 2.64. The van der Waals surface area contributed by atoms with E-state index >= 15 is 0 Å². The molecule has 312 valence electrons. The quantitative estimate of drug-likeness (QED) is 0.153. The average Bonchev–Trinajstić information content (AvgIpc) is 3.70. The highest BCUT2D eigenvalue weighted by Gasteiger charge is 2.34. The molecule has 65 heavy (non-hydrogen) atoms. The average molecular weight is 836 g/mol. The monoisotopic (exact) mass is 835 g/mol. The van der Waals surface area contributed by atoms with Crippen molar-refractivity contribution in [2.75, 3.05) is 0 Å². The van der Waals surface area contributed by atoms with Crippen molar-refractivity contribution < 1.29 is 0 Å². The number of nitrogens with zero attached hydrogens (tertiary/aromatic N) is 3. The second-order valence-electron chi connectivity index (χ2n) is 18.2. The molecule has 11 rings (SSSR count). The van der Waals surface area contributed by atoms with E-state index in [2.05, 4.69) is 250 Å². The van der Waals surface area contributed by atoms with E-state index in [-0.39, 0.29) is 11.3 Å². The molecule has 8 aromatic carbocycles. The Kier molecular flexibility index (Phi) is 10.2. The lowest BCUT2D eigenvalue weighted by Gasteiger charge is -2.32. The van der Waals surface area contributed by atoms with Crippen molar-refractivity contribution >= 4 is 38.6 Å². The van der Waals surface area contributed by atoms with Crippen LogP contribution in [0.1, 0.15) is 55.6 Å². The van der Waals surface area contributed by atoms with Crippen LogP contribution in [0.2, 0.25) is 0 Å². The summed E-state index contributed by atoms with van der Waals surface area (Å²) in [5.74, 6) is 0.695. The zero-order valence-corrected chi connectivity index (χ0v) is 37.0. The normalized spacial score (nSPS) is 14.2. The molecule has 0 fully saturated rings. The van der Waals surface area contributed by atoms with Crippen molar-refractivity contribution in [1.82, 2.24) is 14.5 Å². The highest BCUT2D eigenvalue weighted by molar-refractivity contribution is 6.16. The molecule has 2 aromatic heterocycles. The van der Waals surface area contributed by atoms with Gasteiger partial charge in [-0.25, -0.2) is 9.97 Å². The Labute approximate surface area is 381 Å². The van der Waals surface area contributed by atoms with E-state index in [9.17, 15) is 0 Å². The Morgan fingerprint density at radius 2 is 0.923 bits per heavy atom. The number of benzene rings is 8. The summed E-state index contributed by atoms with van der Waals surface area (Å²) >= 11 is 0. The van der Waals surface area contributed by atoms with Gasteiger partial charge in [0.1, 0.15) is 0 Å². The molecule has 0 aliphatic heterocycles. The van der Waals surface area contributed by atoms with Crippen LogP contribution in [0.25, 0.3) is 83.4 Å². The first-order valence-corrected chi connectivity index (χ1v) is 22.7. The van der Waals surface area contributed by atoms with E-state index in [1.807, 2.05) is 0 Å². The maximum absolute atomic E-state index is 5.41. The van der Waals surface area contributed by atoms with E-state index in [4.69, 9.17) is 9.97 Å². The second kappa shape index (κ2) is 16.7. The SMILES string of the molecule is CC(C)(C)c1cc(-c2ccccc2)cc2c3cc(-c4ccccc4)ccc3n(C3=C(c4ccccc4)C=C(c4nc(-c5ccccc5)cc(-c5ccccc5)n4)CC3c3ccccc3)c12. The first kappa shape index (κ1) is 39.9. The highest BCUT2D eigenvalue weighted by Crippen LogP contribution is 2.51. The fourth-order valence-electron chi connectivity index (χ4n) is 9.74. The number of hydrogen-bond acceptors (Lipinski definition) is 2. The summed E-state index contributed by atoms with van der Waals surface area (Å²) in [7, 11) is 0. The minimum absolute atomic E-state index is 0.0511. The van der Waals surface area contributed by atoms with Gasteiger partial charge in [-0.1, -0.05) is 209 Å². The van der Waals surface area contributed by atoms with Crippen LogP contribution in [0, 0.1) is 0 Å². The highest BCUT2D eigenvalue weighted by atomic mass is 15.0. The lowest BCUT2D eigenvalue weighted by molar-refractivity contribution is 0.594. The van der Waals surface area contributed by atoms with Gasteiger partial charge >= 0.3 is 0 Å². The second-order valence-corrected chi connectivity index (χ2v) is 18.2. The Morgan fingerprint density at radius 3 is 1.46 bits per heavy atom. The fourth-order valence-corrected chi connectivity index (χ4v) is 9.74. The summed E-state index contributed by atoms with van der Waals surface area (Å²) in [5.41, 5.74) is 18.2. The zero-order chi connectivity index (χ0) is 43.9. The van der Waals surface area contributed by atoms with Crippen molar-refractivity contribution in [2.24, 2.45) is 0 Å². The van der Waals surface area contributed by atoms with Gasteiger partial charge in [0, 0.05) is 39.1 Å². The van der Waals surface area contributed by atoms with Crippen LogP contribution in [0.5, 0.6) is 0 Å². The third-order valence-electron chi connectivity index (χ3n) is 12.9. The summed E-state index contributed by atoms with van der Waals surface area (Å²) in [6.45, 7) is 7.07. The molecular formula is C62H49N3. The molecule has 1 atom stereocenters. The van der Waals surface area contributed by atoms with Crippen LogP contribution in [-0.4, -0.2) is 14.5 Å². The molecule has 2 heterocycles. The standard InChI is InChI=1S/C62H49N3/c1-62(2,3)55-40-49(43-24-12-5-13-25-43)37-54-53-36-48(42-22-10-4-11-23-42)34-35-58(53)65(60(54)55)59-51(44-26-14-6-15-27-44)38-50(39-52(59)45-28-16-7-17-29-45)61-63-56(46-30-18-8-19-31-46)41-57(64-61)47-32-20-9-21-33-47/h4-38,40-41,52H,39H2,1-3H3. The van der Waals surface area contributed by atoms with Gasteiger partial charge in [0.05, 0.1) is 22.4 Å². The molecule has 0 N–H and O–H groups in total. The number of aromatic nitrogens is 3. The maximum Gasteiger partial charge on any atom is 0.156 e. The number of rotatable bonds is 8. The van der Waals surface area contributed by atoms with Crippen LogP contribution >= 0.6 is 0 Å². The molecule has 1 aliphatic rings. The largest absolute Gasteiger partial charge is 0.311 e. The lowest BCUT2D eigenvalue weighted by Crippen LogP contribution is -2.18. The van der Waals surface area contributed by atoms with Crippen LogP contribution < -0.4 is 0 Å². The van der Waals surface area contributed by atoms with E-state index < -0.39 is 0 Å². The van der Waals surface area contributed by atoms with Crippen LogP contribution in [0.4, 0.5) is 0 Å². The van der Waals surface area contributed by atoms with Gasteiger partial charge in [-0.15, -0.1) is 0 Å². The van der Waals surface area contributed by atoms with Crippen molar-refractivity contribution in [2.45, 2.75) is 38.5 Å². The molecule has 3 heteroatoms. The van der Waals surface area contributed by atoms with Crippen molar-refractivity contribution in [3.63, 3.8) is 0 Å². The molecule has 0 bridgehead atoms. The van der Waals surface area contributed by atoms with Crippen LogP contribution in [-0.2, 0) is 5.41 Å². The van der Waals surface area contributed by atoms with Gasteiger partial charge in [0.2, 0.25) is 0 Å². The summed E-state index contributed by atoms with van der Waals surface area (Å²) in [6, 6.07) is 78.7. The lowest BCUT2D eigenvalue weighted by atomic mass is 9.79. The maximum atomic E-state index is 5.41. The van der Waals surface area contributed by atoms with Gasteiger partial charge < -0.3 is 4.57 Å². The van der Waals surface area contributed by atoms with E-state index in [1.54, 1.807) is 0 Å².